The molecule has 0 radical (unpaired) electrons. The Morgan fingerprint density at radius 2 is 1.50 bits per heavy atom. The van der Waals surface area contributed by atoms with E-state index >= 15 is 0 Å². The molecular formula is C14H14NP. The number of benzene rings is 2. The van der Waals surface area contributed by atoms with E-state index in [1.165, 1.54) is 10.9 Å². The van der Waals surface area contributed by atoms with Gasteiger partial charge in [0.1, 0.15) is 0 Å². The van der Waals surface area contributed by atoms with Gasteiger partial charge in [0.25, 0.3) is 0 Å². The summed E-state index contributed by atoms with van der Waals surface area (Å²) in [7, 11) is 0.665. The van der Waals surface area contributed by atoms with E-state index in [1.54, 1.807) is 0 Å². The summed E-state index contributed by atoms with van der Waals surface area (Å²) in [5, 5.41) is 1.33. The molecule has 0 heterocycles. The van der Waals surface area contributed by atoms with Gasteiger partial charge in [0, 0.05) is 5.96 Å². The van der Waals surface area contributed by atoms with Gasteiger partial charge in [-0.3, -0.25) is 4.99 Å². The molecule has 1 nitrogen and oxygen atoms in total. The van der Waals surface area contributed by atoms with Gasteiger partial charge in [0.2, 0.25) is 0 Å². The molecule has 0 aliphatic heterocycles. The molecule has 0 aliphatic carbocycles. The van der Waals surface area contributed by atoms with Gasteiger partial charge < -0.3 is 0 Å². The number of hydrogen-bond acceptors (Lipinski definition) is 1. The number of nitrogens with zero attached hydrogens (tertiary/aromatic N) is 1. The third-order valence-corrected chi connectivity index (χ3v) is 3.19. The number of hydrogen-bond donors (Lipinski definition) is 0. The Morgan fingerprint density at radius 1 is 0.875 bits per heavy atom. The Balaban J connectivity index is 1.83. The van der Waals surface area contributed by atoms with E-state index in [4.69, 9.17) is 0 Å². The first kappa shape index (κ1) is 11.0. The molecule has 16 heavy (non-hydrogen) atoms. The van der Waals surface area contributed by atoms with Crippen LogP contribution in [0, 0.1) is 0 Å². The number of rotatable bonds is 4. The predicted octanol–water partition coefficient (Wildman–Crippen LogP) is 3.22. The highest BCUT2D eigenvalue weighted by Crippen LogP contribution is 2.06. The molecule has 0 aliphatic rings. The Bertz CT molecular complexity index is 393. The van der Waals surface area contributed by atoms with Gasteiger partial charge in [-0.1, -0.05) is 60.7 Å². The fraction of sp³-hybridized carbons (Fsp3) is 0.0714. The van der Waals surface area contributed by atoms with Crippen molar-refractivity contribution < 1.29 is 0 Å². The summed E-state index contributed by atoms with van der Waals surface area (Å²) in [4.78, 5) is 4.42. The molecule has 0 bridgehead atoms. The van der Waals surface area contributed by atoms with Crippen LogP contribution in [0.1, 0.15) is 5.56 Å². The molecule has 2 aromatic rings. The monoisotopic (exact) mass is 227 g/mol. The highest BCUT2D eigenvalue weighted by molar-refractivity contribution is 7.62. The van der Waals surface area contributed by atoms with Gasteiger partial charge in [0.15, 0.2) is 0 Å². The summed E-state index contributed by atoms with van der Waals surface area (Å²) in [5.41, 5.74) is 1.26. The molecule has 2 rings (SSSR count). The zero-order valence-corrected chi connectivity index (χ0v) is 10.0. The second-order valence-corrected chi connectivity index (χ2v) is 4.59. The minimum absolute atomic E-state index is 0.665. The largest absolute Gasteiger partial charge is 0.288 e. The van der Waals surface area contributed by atoms with E-state index in [0.717, 1.165) is 6.54 Å². The lowest BCUT2D eigenvalue weighted by molar-refractivity contribution is 1.08. The van der Waals surface area contributed by atoms with E-state index in [9.17, 15) is 0 Å². The lowest BCUT2D eigenvalue weighted by Crippen LogP contribution is -1.90. The fourth-order valence-corrected chi connectivity index (χ4v) is 2.11. The van der Waals surface area contributed by atoms with Gasteiger partial charge in [-0.15, -0.1) is 0 Å². The molecule has 2 heteroatoms. The lowest BCUT2D eigenvalue weighted by atomic mass is 10.2. The van der Waals surface area contributed by atoms with Crippen LogP contribution >= 0.6 is 8.58 Å². The Hall–Kier alpha value is -1.46. The van der Waals surface area contributed by atoms with Crippen LogP contribution in [0.25, 0.3) is 0 Å². The van der Waals surface area contributed by atoms with Crippen LogP contribution < -0.4 is 5.30 Å². The summed E-state index contributed by atoms with van der Waals surface area (Å²) < 4.78 is 0. The molecule has 0 amide bonds. The molecule has 0 aromatic heterocycles. The molecule has 0 N–H and O–H groups in total. The van der Waals surface area contributed by atoms with Crippen molar-refractivity contribution >= 4 is 19.8 Å². The van der Waals surface area contributed by atoms with Gasteiger partial charge >= 0.3 is 0 Å². The molecule has 1 atom stereocenters. The maximum atomic E-state index is 4.42. The van der Waals surface area contributed by atoms with Gasteiger partial charge in [-0.25, -0.2) is 0 Å². The smallest absolute Gasteiger partial charge is 0.0640 e. The SMILES string of the molecule is C(=NCc1ccccc1)Pc1ccccc1. The van der Waals surface area contributed by atoms with Crippen LogP contribution in [0.5, 0.6) is 0 Å². The summed E-state index contributed by atoms with van der Waals surface area (Å²) in [5.74, 6) is 2.02. The highest BCUT2D eigenvalue weighted by Gasteiger charge is 1.88. The van der Waals surface area contributed by atoms with E-state index in [2.05, 4.69) is 41.4 Å². The van der Waals surface area contributed by atoms with Gasteiger partial charge in [0.05, 0.1) is 6.54 Å². The predicted molar refractivity (Wildman–Crippen MR) is 73.0 cm³/mol. The van der Waals surface area contributed by atoms with Crippen molar-refractivity contribution in [3.63, 3.8) is 0 Å². The standard InChI is InChI=1S/C14H14NP/c1-3-7-13(8-4-1)11-15-12-16-14-9-5-2-6-10-14/h1-10,12,16H,11H2. The summed E-state index contributed by atoms with van der Waals surface area (Å²) in [6, 6.07) is 20.7. The van der Waals surface area contributed by atoms with E-state index in [0.29, 0.717) is 8.58 Å². The minimum Gasteiger partial charge on any atom is -0.288 e. The molecular weight excluding hydrogens is 213 g/mol. The maximum absolute atomic E-state index is 4.42. The second-order valence-electron chi connectivity index (χ2n) is 3.47. The average Bonchev–Trinajstić information content (AvgIpc) is 2.37. The molecule has 0 saturated heterocycles. The van der Waals surface area contributed by atoms with E-state index in [1.807, 2.05) is 30.2 Å². The van der Waals surface area contributed by atoms with Crippen LogP contribution in [0.2, 0.25) is 0 Å². The van der Waals surface area contributed by atoms with Crippen molar-refractivity contribution in [3.8, 4) is 0 Å². The van der Waals surface area contributed by atoms with Crippen LogP contribution in [0.3, 0.4) is 0 Å². The summed E-state index contributed by atoms with van der Waals surface area (Å²) in [6.45, 7) is 0.778. The quantitative estimate of drug-likeness (QED) is 0.561. The Kier molecular flexibility index (Phi) is 4.27. The first-order chi connectivity index (χ1) is 7.95. The molecule has 2 aromatic carbocycles. The zero-order chi connectivity index (χ0) is 11.1. The minimum atomic E-state index is 0.665. The van der Waals surface area contributed by atoms with Crippen molar-refractivity contribution in [1.29, 1.82) is 0 Å². The first-order valence-electron chi connectivity index (χ1n) is 5.29. The van der Waals surface area contributed by atoms with E-state index < -0.39 is 0 Å². The van der Waals surface area contributed by atoms with Crippen molar-refractivity contribution in [1.82, 2.24) is 0 Å². The topological polar surface area (TPSA) is 12.4 Å². The lowest BCUT2D eigenvalue weighted by Gasteiger charge is -1.96. The summed E-state index contributed by atoms with van der Waals surface area (Å²) in [6.07, 6.45) is 0. The molecule has 1 unspecified atom stereocenters. The molecule has 0 fully saturated rings. The van der Waals surface area contributed by atoms with Crippen LogP contribution in [0.15, 0.2) is 65.7 Å². The van der Waals surface area contributed by atoms with Crippen molar-refractivity contribution in [2.24, 2.45) is 4.99 Å². The zero-order valence-electron chi connectivity index (χ0n) is 9.01. The third-order valence-electron chi connectivity index (χ3n) is 2.21. The van der Waals surface area contributed by atoms with Gasteiger partial charge in [-0.05, 0) is 19.4 Å². The summed E-state index contributed by atoms with van der Waals surface area (Å²) >= 11 is 0. The third kappa shape index (κ3) is 3.60. The van der Waals surface area contributed by atoms with E-state index in [-0.39, 0.29) is 0 Å². The molecule has 0 spiro atoms. The Morgan fingerprint density at radius 3 is 2.19 bits per heavy atom. The van der Waals surface area contributed by atoms with Crippen molar-refractivity contribution in [3.05, 3.63) is 66.2 Å². The number of aliphatic imine (C=N–C) groups is 1. The average molecular weight is 227 g/mol. The maximum Gasteiger partial charge on any atom is 0.0640 e. The van der Waals surface area contributed by atoms with Crippen molar-refractivity contribution in [2.45, 2.75) is 6.54 Å². The first-order valence-corrected chi connectivity index (χ1v) is 6.37. The van der Waals surface area contributed by atoms with Crippen LogP contribution in [-0.2, 0) is 6.54 Å². The normalized spacial score (nSPS) is 11.5. The Labute approximate surface area is 98.0 Å². The van der Waals surface area contributed by atoms with Crippen molar-refractivity contribution in [2.75, 3.05) is 0 Å². The molecule has 80 valence electrons. The van der Waals surface area contributed by atoms with Crippen LogP contribution in [0.4, 0.5) is 0 Å². The second kappa shape index (κ2) is 6.19. The van der Waals surface area contributed by atoms with Gasteiger partial charge in [-0.2, -0.15) is 0 Å². The van der Waals surface area contributed by atoms with Crippen LogP contribution in [-0.4, -0.2) is 5.96 Å². The molecule has 0 saturated carbocycles. The fourth-order valence-electron chi connectivity index (χ4n) is 1.39. The highest BCUT2D eigenvalue weighted by atomic mass is 31.1.